The lowest BCUT2D eigenvalue weighted by atomic mass is 10.2. The summed E-state index contributed by atoms with van der Waals surface area (Å²) >= 11 is 0. The van der Waals surface area contributed by atoms with E-state index in [0.717, 1.165) is 18.5 Å². The number of alkyl halides is 3. The minimum atomic E-state index is -5.08. The van der Waals surface area contributed by atoms with Crippen LogP contribution >= 0.6 is 0 Å². The second-order valence-corrected chi connectivity index (χ2v) is 6.77. The molecule has 30 heavy (non-hydrogen) atoms. The van der Waals surface area contributed by atoms with E-state index in [1.807, 2.05) is 36.2 Å². The molecule has 0 saturated heterocycles. The number of ether oxygens (including phenoxy) is 1. The van der Waals surface area contributed by atoms with Gasteiger partial charge in [0.25, 0.3) is 0 Å². The Bertz CT molecular complexity index is 824. The predicted molar refractivity (Wildman–Crippen MR) is 101 cm³/mol. The molecule has 3 heterocycles. The number of carboxylic acid groups (broad SMARTS) is 1. The molecule has 7 nitrogen and oxygen atoms in total. The molecule has 0 radical (unpaired) electrons. The maximum Gasteiger partial charge on any atom is 0.490 e. The quantitative estimate of drug-likeness (QED) is 0.792. The van der Waals surface area contributed by atoms with Crippen LogP contribution < -0.4 is 0 Å². The lowest BCUT2D eigenvalue weighted by Crippen LogP contribution is -2.37. The number of hydrogen-bond acceptors (Lipinski definition) is 4. The van der Waals surface area contributed by atoms with E-state index < -0.39 is 12.1 Å². The van der Waals surface area contributed by atoms with Crippen molar-refractivity contribution in [3.8, 4) is 0 Å². The molecule has 0 aliphatic carbocycles. The van der Waals surface area contributed by atoms with Gasteiger partial charge in [-0.2, -0.15) is 13.2 Å². The Balaban J connectivity index is 0.000000396. The summed E-state index contributed by atoms with van der Waals surface area (Å²) in [4.78, 5) is 27.3. The van der Waals surface area contributed by atoms with Gasteiger partial charge in [0.1, 0.15) is 0 Å². The van der Waals surface area contributed by atoms with Crippen LogP contribution in [-0.2, 0) is 34.0 Å². The van der Waals surface area contributed by atoms with E-state index in [-0.39, 0.29) is 12.0 Å². The average molecular weight is 427 g/mol. The lowest BCUT2D eigenvalue weighted by molar-refractivity contribution is -0.192. The molecular formula is C20H24F3N3O4. The third-order valence-corrected chi connectivity index (χ3v) is 4.37. The molecule has 0 bridgehead atoms. The molecule has 0 aromatic carbocycles. The molecule has 1 amide bonds. The number of aromatic nitrogens is 2. The van der Waals surface area contributed by atoms with Crippen LogP contribution in [0.4, 0.5) is 13.2 Å². The zero-order valence-electron chi connectivity index (χ0n) is 16.5. The van der Waals surface area contributed by atoms with E-state index in [0.29, 0.717) is 26.1 Å². The van der Waals surface area contributed by atoms with E-state index in [1.165, 1.54) is 5.69 Å². The Kier molecular flexibility index (Phi) is 8.40. The van der Waals surface area contributed by atoms with Gasteiger partial charge in [-0.3, -0.25) is 9.78 Å². The van der Waals surface area contributed by atoms with Crippen molar-refractivity contribution in [2.45, 2.75) is 51.7 Å². The highest BCUT2D eigenvalue weighted by molar-refractivity contribution is 5.76. The van der Waals surface area contributed by atoms with Crippen molar-refractivity contribution in [3.63, 3.8) is 0 Å². The van der Waals surface area contributed by atoms with Crippen LogP contribution in [0.1, 0.15) is 31.0 Å². The number of nitrogens with zero attached hydrogens (tertiary/aromatic N) is 3. The van der Waals surface area contributed by atoms with Crippen molar-refractivity contribution in [1.29, 1.82) is 0 Å². The fraction of sp³-hybridized carbons (Fsp3) is 0.450. The van der Waals surface area contributed by atoms with Gasteiger partial charge in [-0.15, -0.1) is 0 Å². The first-order chi connectivity index (χ1) is 14.2. The summed E-state index contributed by atoms with van der Waals surface area (Å²) in [6.07, 6.45) is 2.01. The summed E-state index contributed by atoms with van der Waals surface area (Å²) in [6.45, 7) is 4.64. The fourth-order valence-corrected chi connectivity index (χ4v) is 2.92. The number of amides is 1. The van der Waals surface area contributed by atoms with Crippen LogP contribution in [0.2, 0.25) is 0 Å². The van der Waals surface area contributed by atoms with E-state index >= 15 is 0 Å². The van der Waals surface area contributed by atoms with Crippen molar-refractivity contribution in [1.82, 2.24) is 14.5 Å². The Morgan fingerprint density at radius 2 is 2.00 bits per heavy atom. The molecule has 1 aliphatic heterocycles. The Morgan fingerprint density at radius 1 is 1.27 bits per heavy atom. The van der Waals surface area contributed by atoms with Gasteiger partial charge in [-0.05, 0) is 30.2 Å². The number of rotatable bonds is 5. The Labute approximate surface area is 172 Å². The van der Waals surface area contributed by atoms with Gasteiger partial charge in [0.2, 0.25) is 5.91 Å². The summed E-state index contributed by atoms with van der Waals surface area (Å²) in [7, 11) is 0. The molecule has 2 aromatic rings. The van der Waals surface area contributed by atoms with Gasteiger partial charge in [-0.25, -0.2) is 4.79 Å². The van der Waals surface area contributed by atoms with E-state index in [1.54, 1.807) is 6.20 Å². The van der Waals surface area contributed by atoms with Gasteiger partial charge >= 0.3 is 12.1 Å². The summed E-state index contributed by atoms with van der Waals surface area (Å²) in [5.41, 5.74) is 2.22. The molecule has 164 valence electrons. The highest BCUT2D eigenvalue weighted by atomic mass is 19.4. The van der Waals surface area contributed by atoms with Crippen LogP contribution in [-0.4, -0.2) is 50.3 Å². The van der Waals surface area contributed by atoms with Gasteiger partial charge in [0, 0.05) is 37.3 Å². The van der Waals surface area contributed by atoms with Crippen LogP contribution in [0.3, 0.4) is 0 Å². The van der Waals surface area contributed by atoms with Crippen molar-refractivity contribution in [2.24, 2.45) is 0 Å². The highest BCUT2D eigenvalue weighted by Gasteiger charge is 2.38. The standard InChI is InChI=1S/C18H23N3O2.C2HF3O2/c1-2-5-18(22)21-11-16-7-4-9-20(16)12-17(13-21)23-14-15-6-3-8-19-10-15;3-2(4,5)1(6)7/h3-4,6-10,17H,2,5,11-14H2,1H3;(H,6,7). The molecule has 0 spiro atoms. The number of carboxylic acids is 1. The summed E-state index contributed by atoms with van der Waals surface area (Å²) in [5.74, 6) is -2.55. The van der Waals surface area contributed by atoms with Gasteiger partial charge in [-0.1, -0.05) is 13.0 Å². The van der Waals surface area contributed by atoms with Gasteiger partial charge in [0.05, 0.1) is 25.8 Å². The summed E-state index contributed by atoms with van der Waals surface area (Å²) in [5, 5.41) is 7.12. The number of carbonyl (C=O) groups is 2. The van der Waals surface area contributed by atoms with Crippen LogP contribution in [0, 0.1) is 0 Å². The monoisotopic (exact) mass is 427 g/mol. The molecule has 1 aliphatic rings. The van der Waals surface area contributed by atoms with Crippen molar-refractivity contribution in [3.05, 3.63) is 54.1 Å². The molecular weight excluding hydrogens is 403 g/mol. The molecule has 1 N–H and O–H groups in total. The number of carbonyl (C=O) groups excluding carboxylic acids is 1. The normalized spacial score (nSPS) is 16.1. The number of halogens is 3. The SMILES string of the molecule is CCCC(=O)N1Cc2cccn2CC(OCc2cccnc2)C1.O=C(O)C(F)(F)F. The van der Waals surface area contributed by atoms with Crippen molar-refractivity contribution < 1.29 is 32.6 Å². The van der Waals surface area contributed by atoms with Crippen molar-refractivity contribution in [2.75, 3.05) is 6.54 Å². The van der Waals surface area contributed by atoms with Crippen LogP contribution in [0.15, 0.2) is 42.9 Å². The number of hydrogen-bond donors (Lipinski definition) is 1. The minimum absolute atomic E-state index is 0.00957. The van der Waals surface area contributed by atoms with Gasteiger partial charge < -0.3 is 19.3 Å². The smallest absolute Gasteiger partial charge is 0.475 e. The molecule has 1 unspecified atom stereocenters. The molecule has 0 fully saturated rings. The minimum Gasteiger partial charge on any atom is -0.475 e. The number of aliphatic carboxylic acids is 1. The molecule has 1 atom stereocenters. The molecule has 3 rings (SSSR count). The first-order valence-electron chi connectivity index (χ1n) is 9.43. The van der Waals surface area contributed by atoms with Gasteiger partial charge in [0.15, 0.2) is 0 Å². The average Bonchev–Trinajstić information content (AvgIpc) is 3.05. The van der Waals surface area contributed by atoms with Crippen LogP contribution in [0.25, 0.3) is 0 Å². The maximum absolute atomic E-state index is 12.4. The Hall–Kier alpha value is -2.88. The third kappa shape index (κ3) is 7.18. The first kappa shape index (κ1) is 23.4. The van der Waals surface area contributed by atoms with E-state index in [9.17, 15) is 18.0 Å². The largest absolute Gasteiger partial charge is 0.490 e. The molecule has 10 heteroatoms. The first-order valence-corrected chi connectivity index (χ1v) is 9.43. The van der Waals surface area contributed by atoms with E-state index in [2.05, 4.69) is 21.8 Å². The third-order valence-electron chi connectivity index (χ3n) is 4.37. The summed E-state index contributed by atoms with van der Waals surface area (Å²) < 4.78 is 40.0. The van der Waals surface area contributed by atoms with Crippen molar-refractivity contribution >= 4 is 11.9 Å². The second-order valence-electron chi connectivity index (χ2n) is 6.77. The second kappa shape index (κ2) is 10.8. The predicted octanol–water partition coefficient (Wildman–Crippen LogP) is 3.24. The fourth-order valence-electron chi connectivity index (χ4n) is 2.92. The zero-order chi connectivity index (χ0) is 22.1. The molecule has 0 saturated carbocycles. The topological polar surface area (TPSA) is 84.7 Å². The van der Waals surface area contributed by atoms with E-state index in [4.69, 9.17) is 14.6 Å². The Morgan fingerprint density at radius 3 is 2.60 bits per heavy atom. The zero-order valence-corrected chi connectivity index (χ0v) is 16.5. The number of pyridine rings is 1. The number of fused-ring (bicyclic) bond motifs is 1. The lowest BCUT2D eigenvalue weighted by Gasteiger charge is -2.24. The maximum atomic E-state index is 12.4. The van der Waals surface area contributed by atoms with Crippen LogP contribution in [0.5, 0.6) is 0 Å². The summed E-state index contributed by atoms with van der Waals surface area (Å²) in [6, 6.07) is 8.02. The highest BCUT2D eigenvalue weighted by Crippen LogP contribution is 2.17. The molecule has 2 aromatic heterocycles.